The number of ether oxygens (including phenoxy) is 1. The number of epoxide rings is 1. The number of benzene rings is 2. The van der Waals surface area contributed by atoms with Crippen LogP contribution in [0.3, 0.4) is 0 Å². The monoisotopic (exact) mass is 254 g/mol. The molecule has 0 amide bonds. The Morgan fingerprint density at radius 2 is 1.58 bits per heavy atom. The van der Waals surface area contributed by atoms with Crippen LogP contribution >= 0.6 is 0 Å². The van der Waals surface area contributed by atoms with Gasteiger partial charge in [-0.3, -0.25) is 0 Å². The summed E-state index contributed by atoms with van der Waals surface area (Å²) in [4.78, 5) is 0. The van der Waals surface area contributed by atoms with Crippen molar-refractivity contribution < 1.29 is 9.84 Å². The van der Waals surface area contributed by atoms with Crippen molar-refractivity contribution in [1.29, 1.82) is 0 Å². The van der Waals surface area contributed by atoms with Gasteiger partial charge in [0.25, 0.3) is 0 Å². The Balaban J connectivity index is 1.69. The molecule has 0 unspecified atom stereocenters. The Kier molecular flexibility index (Phi) is 3.13. The maximum absolute atomic E-state index is 10.6. The molecule has 1 aliphatic heterocycles. The number of aliphatic hydroxyl groups is 1. The molecule has 0 spiro atoms. The summed E-state index contributed by atoms with van der Waals surface area (Å²) in [6.07, 6.45) is 0.849. The molecule has 2 aromatic rings. The summed E-state index contributed by atoms with van der Waals surface area (Å²) >= 11 is 0. The molecule has 1 N–H and O–H groups in total. The lowest BCUT2D eigenvalue weighted by atomic mass is 9.89. The standard InChI is InChI=1S/C17H18O2/c1-17(18,14-10-6-3-7-11-14)16-15(19-16)12-13-8-4-2-5-9-13/h2-11,15-16,18H,12H2,1H3/t15-,16+,17-/m0/s1. The fourth-order valence-corrected chi connectivity index (χ4v) is 2.58. The van der Waals surface area contributed by atoms with E-state index in [0.29, 0.717) is 0 Å². The van der Waals surface area contributed by atoms with Crippen LogP contribution in [0, 0.1) is 0 Å². The van der Waals surface area contributed by atoms with Crippen molar-refractivity contribution in [3.63, 3.8) is 0 Å². The highest BCUT2D eigenvalue weighted by Gasteiger charge is 2.51. The lowest BCUT2D eigenvalue weighted by Gasteiger charge is -2.21. The molecule has 2 heteroatoms. The van der Waals surface area contributed by atoms with Crippen molar-refractivity contribution in [3.8, 4) is 0 Å². The minimum absolute atomic E-state index is 0.109. The highest BCUT2D eigenvalue weighted by molar-refractivity contribution is 5.26. The van der Waals surface area contributed by atoms with Crippen LogP contribution in [0.15, 0.2) is 60.7 Å². The van der Waals surface area contributed by atoms with E-state index in [9.17, 15) is 5.11 Å². The largest absolute Gasteiger partial charge is 0.383 e. The Morgan fingerprint density at radius 1 is 1.00 bits per heavy atom. The van der Waals surface area contributed by atoms with Gasteiger partial charge in [0.15, 0.2) is 0 Å². The summed E-state index contributed by atoms with van der Waals surface area (Å²) in [6.45, 7) is 1.83. The predicted molar refractivity (Wildman–Crippen MR) is 74.8 cm³/mol. The normalized spacial score (nSPS) is 24.7. The lowest BCUT2D eigenvalue weighted by Crippen LogP contribution is -2.30. The lowest BCUT2D eigenvalue weighted by molar-refractivity contribution is 0.0259. The van der Waals surface area contributed by atoms with Crippen LogP contribution in [0.4, 0.5) is 0 Å². The second kappa shape index (κ2) is 4.80. The minimum Gasteiger partial charge on any atom is -0.383 e. The Bertz CT molecular complexity index is 534. The van der Waals surface area contributed by atoms with Gasteiger partial charge in [-0.1, -0.05) is 60.7 Å². The molecular weight excluding hydrogens is 236 g/mol. The van der Waals surface area contributed by atoms with Gasteiger partial charge in [0, 0.05) is 6.42 Å². The first-order valence-corrected chi connectivity index (χ1v) is 6.65. The van der Waals surface area contributed by atoms with Crippen LogP contribution in [0.5, 0.6) is 0 Å². The van der Waals surface area contributed by atoms with E-state index in [0.717, 1.165) is 12.0 Å². The average Bonchev–Trinajstić information content (AvgIpc) is 3.21. The number of hydrogen-bond donors (Lipinski definition) is 1. The first kappa shape index (κ1) is 12.4. The molecule has 2 aromatic carbocycles. The Labute approximate surface area is 113 Å². The maximum Gasteiger partial charge on any atom is 0.117 e. The number of hydrogen-bond acceptors (Lipinski definition) is 2. The predicted octanol–water partition coefficient (Wildman–Crippen LogP) is 2.90. The van der Waals surface area contributed by atoms with Crippen LogP contribution < -0.4 is 0 Å². The summed E-state index contributed by atoms with van der Waals surface area (Å²) in [5.41, 5.74) is 1.25. The molecule has 0 aliphatic carbocycles. The van der Waals surface area contributed by atoms with Crippen LogP contribution in [-0.4, -0.2) is 17.3 Å². The topological polar surface area (TPSA) is 32.8 Å². The third-order valence-electron chi connectivity index (χ3n) is 3.77. The smallest absolute Gasteiger partial charge is 0.117 e. The average molecular weight is 254 g/mol. The van der Waals surface area contributed by atoms with Gasteiger partial charge in [0.1, 0.15) is 11.7 Å². The summed E-state index contributed by atoms with van der Waals surface area (Å²) in [5.74, 6) is 0. The van der Waals surface area contributed by atoms with Gasteiger partial charge in [0.05, 0.1) is 6.10 Å². The van der Waals surface area contributed by atoms with E-state index in [2.05, 4.69) is 12.1 Å². The number of rotatable bonds is 4. The van der Waals surface area contributed by atoms with Crippen LogP contribution in [-0.2, 0) is 16.8 Å². The molecule has 0 radical (unpaired) electrons. The molecule has 98 valence electrons. The molecule has 1 fully saturated rings. The minimum atomic E-state index is -0.916. The fraction of sp³-hybridized carbons (Fsp3) is 0.294. The van der Waals surface area contributed by atoms with Gasteiger partial charge < -0.3 is 9.84 Å². The second-order valence-corrected chi connectivity index (χ2v) is 5.30. The fourth-order valence-electron chi connectivity index (χ4n) is 2.58. The van der Waals surface area contributed by atoms with Crippen molar-refractivity contribution in [3.05, 3.63) is 71.8 Å². The van der Waals surface area contributed by atoms with Gasteiger partial charge in [-0.15, -0.1) is 0 Å². The van der Waals surface area contributed by atoms with Crippen molar-refractivity contribution in [1.82, 2.24) is 0 Å². The van der Waals surface area contributed by atoms with E-state index in [-0.39, 0.29) is 12.2 Å². The van der Waals surface area contributed by atoms with E-state index in [1.165, 1.54) is 5.56 Å². The summed E-state index contributed by atoms with van der Waals surface area (Å²) in [6, 6.07) is 20.0. The Morgan fingerprint density at radius 3 is 2.21 bits per heavy atom. The molecule has 0 saturated carbocycles. The second-order valence-electron chi connectivity index (χ2n) is 5.30. The van der Waals surface area contributed by atoms with Gasteiger partial charge in [-0.25, -0.2) is 0 Å². The Hall–Kier alpha value is -1.64. The van der Waals surface area contributed by atoms with E-state index in [1.807, 2.05) is 55.5 Å². The highest BCUT2D eigenvalue weighted by atomic mass is 16.6. The first-order chi connectivity index (χ1) is 9.18. The third kappa shape index (κ3) is 2.55. The van der Waals surface area contributed by atoms with Crippen LogP contribution in [0.1, 0.15) is 18.1 Å². The molecule has 1 aliphatic rings. The van der Waals surface area contributed by atoms with Crippen molar-refractivity contribution >= 4 is 0 Å². The molecule has 3 rings (SSSR count). The van der Waals surface area contributed by atoms with Gasteiger partial charge in [-0.05, 0) is 18.1 Å². The molecule has 1 saturated heterocycles. The molecule has 1 heterocycles. The zero-order valence-electron chi connectivity index (χ0n) is 11.0. The van der Waals surface area contributed by atoms with E-state index in [1.54, 1.807) is 0 Å². The molecule has 19 heavy (non-hydrogen) atoms. The van der Waals surface area contributed by atoms with Gasteiger partial charge in [0.2, 0.25) is 0 Å². The highest BCUT2D eigenvalue weighted by Crippen LogP contribution is 2.40. The van der Waals surface area contributed by atoms with E-state index < -0.39 is 5.60 Å². The molecule has 0 bridgehead atoms. The zero-order valence-corrected chi connectivity index (χ0v) is 11.0. The quantitative estimate of drug-likeness (QED) is 0.851. The molecule has 0 aromatic heterocycles. The summed E-state index contributed by atoms with van der Waals surface area (Å²) in [7, 11) is 0. The summed E-state index contributed by atoms with van der Waals surface area (Å²) < 4.78 is 5.69. The van der Waals surface area contributed by atoms with E-state index >= 15 is 0 Å². The maximum atomic E-state index is 10.6. The third-order valence-corrected chi connectivity index (χ3v) is 3.77. The van der Waals surface area contributed by atoms with Gasteiger partial charge in [-0.2, -0.15) is 0 Å². The van der Waals surface area contributed by atoms with Gasteiger partial charge >= 0.3 is 0 Å². The molecular formula is C17H18O2. The van der Waals surface area contributed by atoms with Crippen molar-refractivity contribution in [2.24, 2.45) is 0 Å². The van der Waals surface area contributed by atoms with Crippen LogP contribution in [0.25, 0.3) is 0 Å². The van der Waals surface area contributed by atoms with Crippen LogP contribution in [0.2, 0.25) is 0 Å². The summed E-state index contributed by atoms with van der Waals surface area (Å²) in [5, 5.41) is 10.6. The SMILES string of the molecule is C[C@](O)(c1ccccc1)[C@@H]1O[C@H]1Cc1ccccc1. The molecule has 3 atom stereocenters. The first-order valence-electron chi connectivity index (χ1n) is 6.65. The van der Waals surface area contributed by atoms with E-state index in [4.69, 9.17) is 4.74 Å². The molecule has 2 nitrogen and oxygen atoms in total. The van der Waals surface area contributed by atoms with Crippen molar-refractivity contribution in [2.45, 2.75) is 31.2 Å². The van der Waals surface area contributed by atoms with Crippen molar-refractivity contribution in [2.75, 3.05) is 0 Å². The zero-order chi connectivity index (χ0) is 13.3.